The third-order valence-electron chi connectivity index (χ3n) is 3.10. The quantitative estimate of drug-likeness (QED) is 0.881. The molecule has 2 amide bonds. The van der Waals surface area contributed by atoms with Crippen LogP contribution in [0.4, 0.5) is 14.9 Å². The first-order chi connectivity index (χ1) is 8.56. The van der Waals surface area contributed by atoms with Crippen LogP contribution in [0.5, 0.6) is 0 Å². The summed E-state index contributed by atoms with van der Waals surface area (Å²) in [5.74, 6) is -0.283. The number of hydrogen-bond acceptors (Lipinski definition) is 2. The van der Waals surface area contributed by atoms with Gasteiger partial charge in [-0.1, -0.05) is 0 Å². The molecular formula is C12H15BrFN3O. The lowest BCUT2D eigenvalue weighted by Crippen LogP contribution is -2.44. The van der Waals surface area contributed by atoms with Crippen LogP contribution in [0, 0.1) is 5.82 Å². The van der Waals surface area contributed by atoms with Crippen molar-refractivity contribution in [2.75, 3.05) is 18.4 Å². The molecule has 1 aromatic carbocycles. The number of rotatable bonds is 2. The molecule has 0 aromatic heterocycles. The van der Waals surface area contributed by atoms with Crippen LogP contribution < -0.4 is 11.1 Å². The number of carbonyl (C=O) groups excluding carboxylic acids is 1. The lowest BCUT2D eigenvalue weighted by atomic mass is 10.0. The fourth-order valence-electron chi connectivity index (χ4n) is 2.07. The Morgan fingerprint density at radius 1 is 1.44 bits per heavy atom. The summed E-state index contributed by atoms with van der Waals surface area (Å²) in [6, 6.07) is 4.85. The van der Waals surface area contributed by atoms with Crippen LogP contribution in [0.1, 0.15) is 12.8 Å². The number of urea groups is 1. The molecule has 2 rings (SSSR count). The molecule has 1 aromatic rings. The summed E-state index contributed by atoms with van der Waals surface area (Å²) < 4.78 is 13.8. The van der Waals surface area contributed by atoms with Gasteiger partial charge in [0, 0.05) is 24.8 Å². The van der Waals surface area contributed by atoms with Crippen LogP contribution in [-0.4, -0.2) is 30.1 Å². The highest BCUT2D eigenvalue weighted by atomic mass is 79.9. The Kier molecular flexibility index (Phi) is 4.06. The molecule has 0 bridgehead atoms. The van der Waals surface area contributed by atoms with Gasteiger partial charge in [0.2, 0.25) is 0 Å². The van der Waals surface area contributed by atoms with E-state index in [-0.39, 0.29) is 17.9 Å². The van der Waals surface area contributed by atoms with Crippen molar-refractivity contribution < 1.29 is 9.18 Å². The third kappa shape index (κ3) is 3.13. The second-order valence-corrected chi connectivity index (χ2v) is 5.23. The summed E-state index contributed by atoms with van der Waals surface area (Å²) in [5.41, 5.74) is 5.97. The van der Waals surface area contributed by atoms with Gasteiger partial charge in [-0.3, -0.25) is 0 Å². The fraction of sp³-hybridized carbons (Fsp3) is 0.417. The number of likely N-dealkylation sites (tertiary alicyclic amines) is 1. The zero-order chi connectivity index (χ0) is 13.1. The highest BCUT2D eigenvalue weighted by Crippen LogP contribution is 2.22. The normalized spacial score (nSPS) is 16.7. The van der Waals surface area contributed by atoms with Gasteiger partial charge < -0.3 is 16.0 Å². The monoisotopic (exact) mass is 315 g/mol. The van der Waals surface area contributed by atoms with Crippen LogP contribution in [0.2, 0.25) is 0 Å². The van der Waals surface area contributed by atoms with Crippen LogP contribution in [0.3, 0.4) is 0 Å². The fourth-order valence-corrected chi connectivity index (χ4v) is 2.31. The second kappa shape index (κ2) is 5.56. The number of halogens is 2. The highest BCUT2D eigenvalue weighted by Gasteiger charge is 2.21. The number of hydrogen-bond donors (Lipinski definition) is 2. The van der Waals surface area contributed by atoms with E-state index in [2.05, 4.69) is 21.2 Å². The van der Waals surface area contributed by atoms with Gasteiger partial charge in [0.15, 0.2) is 0 Å². The Hall–Kier alpha value is -1.30. The summed E-state index contributed by atoms with van der Waals surface area (Å²) in [6.45, 7) is 1.29. The van der Waals surface area contributed by atoms with Crippen molar-refractivity contribution in [3.8, 4) is 0 Å². The van der Waals surface area contributed by atoms with Gasteiger partial charge in [-0.15, -0.1) is 0 Å². The Labute approximate surface area is 113 Å². The number of anilines is 1. The Morgan fingerprint density at radius 3 is 2.67 bits per heavy atom. The summed E-state index contributed by atoms with van der Waals surface area (Å²) in [6.07, 6.45) is 1.64. The number of primary amides is 1. The van der Waals surface area contributed by atoms with Gasteiger partial charge in [-0.25, -0.2) is 9.18 Å². The molecule has 0 atom stereocenters. The standard InChI is InChI=1S/C12H15BrFN3O/c13-10-2-1-9(7-11(10)14)16-8-3-5-17(6-4-8)12(15)18/h1-2,7-8,16H,3-6H2,(H2,15,18). The molecule has 0 aliphatic carbocycles. The van der Waals surface area contributed by atoms with Crippen molar-refractivity contribution in [3.63, 3.8) is 0 Å². The maximum atomic E-state index is 13.3. The molecule has 1 aliphatic heterocycles. The molecule has 1 aliphatic rings. The molecule has 1 fully saturated rings. The zero-order valence-electron chi connectivity index (χ0n) is 9.83. The molecule has 98 valence electrons. The van der Waals surface area contributed by atoms with Gasteiger partial charge in [-0.2, -0.15) is 0 Å². The van der Waals surface area contributed by atoms with E-state index in [1.54, 1.807) is 11.0 Å². The molecule has 0 saturated carbocycles. The number of carbonyl (C=O) groups is 1. The molecule has 18 heavy (non-hydrogen) atoms. The van der Waals surface area contributed by atoms with Gasteiger partial charge >= 0.3 is 6.03 Å². The molecular weight excluding hydrogens is 301 g/mol. The summed E-state index contributed by atoms with van der Waals surface area (Å²) >= 11 is 3.12. The van der Waals surface area contributed by atoms with E-state index < -0.39 is 0 Å². The van der Waals surface area contributed by atoms with Crippen LogP contribution >= 0.6 is 15.9 Å². The smallest absolute Gasteiger partial charge is 0.314 e. The first kappa shape index (κ1) is 13.1. The van der Waals surface area contributed by atoms with E-state index in [4.69, 9.17) is 5.73 Å². The van der Waals surface area contributed by atoms with E-state index in [0.29, 0.717) is 17.6 Å². The number of nitrogens with zero attached hydrogens (tertiary/aromatic N) is 1. The number of amides is 2. The van der Waals surface area contributed by atoms with Gasteiger partial charge in [0.25, 0.3) is 0 Å². The first-order valence-corrected chi connectivity index (χ1v) is 6.61. The molecule has 6 heteroatoms. The minimum absolute atomic E-state index is 0.251. The number of nitrogens with two attached hydrogens (primary N) is 1. The minimum atomic E-state index is -0.372. The third-order valence-corrected chi connectivity index (χ3v) is 3.74. The lowest BCUT2D eigenvalue weighted by Gasteiger charge is -2.31. The Bertz CT molecular complexity index is 447. The van der Waals surface area contributed by atoms with Crippen molar-refractivity contribution in [3.05, 3.63) is 28.5 Å². The average Bonchev–Trinajstić information content (AvgIpc) is 2.34. The van der Waals surface area contributed by atoms with Crippen LogP contribution in [-0.2, 0) is 0 Å². The topological polar surface area (TPSA) is 58.4 Å². The SMILES string of the molecule is NC(=O)N1CCC(Nc2ccc(Br)c(F)c2)CC1. The number of piperidine rings is 1. The van der Waals surface area contributed by atoms with E-state index in [0.717, 1.165) is 18.5 Å². The van der Waals surface area contributed by atoms with Crippen molar-refractivity contribution >= 4 is 27.6 Å². The summed E-state index contributed by atoms with van der Waals surface area (Å²) in [4.78, 5) is 12.6. The predicted molar refractivity (Wildman–Crippen MR) is 71.9 cm³/mol. The highest BCUT2D eigenvalue weighted by molar-refractivity contribution is 9.10. The summed E-state index contributed by atoms with van der Waals surface area (Å²) in [7, 11) is 0. The molecule has 0 spiro atoms. The van der Waals surface area contributed by atoms with Crippen LogP contribution in [0.25, 0.3) is 0 Å². The van der Waals surface area contributed by atoms with E-state index in [9.17, 15) is 9.18 Å². The molecule has 4 nitrogen and oxygen atoms in total. The van der Waals surface area contributed by atoms with E-state index in [1.807, 2.05) is 6.07 Å². The summed E-state index contributed by atoms with van der Waals surface area (Å²) in [5, 5.41) is 3.27. The molecule has 3 N–H and O–H groups in total. The van der Waals surface area contributed by atoms with Crippen molar-refractivity contribution in [1.29, 1.82) is 0 Å². The van der Waals surface area contributed by atoms with Crippen molar-refractivity contribution in [1.82, 2.24) is 4.90 Å². The maximum Gasteiger partial charge on any atom is 0.314 e. The maximum absolute atomic E-state index is 13.3. The molecule has 0 radical (unpaired) electrons. The van der Waals surface area contributed by atoms with E-state index >= 15 is 0 Å². The number of benzene rings is 1. The average molecular weight is 316 g/mol. The first-order valence-electron chi connectivity index (χ1n) is 5.82. The predicted octanol–water partition coefficient (Wildman–Crippen LogP) is 2.54. The molecule has 1 saturated heterocycles. The van der Waals surface area contributed by atoms with Crippen LogP contribution in [0.15, 0.2) is 22.7 Å². The molecule has 0 unspecified atom stereocenters. The van der Waals surface area contributed by atoms with Gasteiger partial charge in [-0.05, 0) is 47.0 Å². The minimum Gasteiger partial charge on any atom is -0.382 e. The van der Waals surface area contributed by atoms with E-state index in [1.165, 1.54) is 6.07 Å². The lowest BCUT2D eigenvalue weighted by molar-refractivity contribution is 0.193. The van der Waals surface area contributed by atoms with Crippen molar-refractivity contribution in [2.45, 2.75) is 18.9 Å². The Balaban J connectivity index is 1.91. The number of nitrogens with one attached hydrogen (secondary N) is 1. The zero-order valence-corrected chi connectivity index (χ0v) is 11.4. The Morgan fingerprint density at radius 2 is 2.11 bits per heavy atom. The van der Waals surface area contributed by atoms with Gasteiger partial charge in [0.1, 0.15) is 5.82 Å². The van der Waals surface area contributed by atoms with Crippen molar-refractivity contribution in [2.24, 2.45) is 5.73 Å². The largest absolute Gasteiger partial charge is 0.382 e. The second-order valence-electron chi connectivity index (χ2n) is 4.37. The van der Waals surface area contributed by atoms with Gasteiger partial charge in [0.05, 0.1) is 4.47 Å². The molecule has 1 heterocycles.